The van der Waals surface area contributed by atoms with Crippen molar-refractivity contribution in [2.24, 2.45) is 5.92 Å². The van der Waals surface area contributed by atoms with Gasteiger partial charge in [0.25, 0.3) is 5.91 Å². The minimum Gasteiger partial charge on any atom is -0.349 e. The second kappa shape index (κ2) is 6.65. The van der Waals surface area contributed by atoms with Crippen LogP contribution in [-0.4, -0.2) is 46.8 Å². The Morgan fingerprint density at radius 3 is 2.96 bits per heavy atom. The fourth-order valence-corrected chi connectivity index (χ4v) is 4.83. The fourth-order valence-electron chi connectivity index (χ4n) is 4.83. The van der Waals surface area contributed by atoms with E-state index in [0.717, 1.165) is 43.1 Å². The molecule has 0 bridgehead atoms. The van der Waals surface area contributed by atoms with Gasteiger partial charge in [0.05, 0.1) is 5.69 Å². The van der Waals surface area contributed by atoms with Crippen molar-refractivity contribution in [3.63, 3.8) is 0 Å². The summed E-state index contributed by atoms with van der Waals surface area (Å²) in [5.41, 5.74) is 2.45. The van der Waals surface area contributed by atoms with E-state index in [-0.39, 0.29) is 11.6 Å². The summed E-state index contributed by atoms with van der Waals surface area (Å²) in [4.78, 5) is 15.2. The molecule has 148 valence electrons. The molecule has 2 heterocycles. The van der Waals surface area contributed by atoms with E-state index in [1.165, 1.54) is 29.7 Å². The van der Waals surface area contributed by atoms with E-state index >= 15 is 0 Å². The first kappa shape index (κ1) is 17.8. The maximum atomic E-state index is 14.4. The van der Waals surface area contributed by atoms with Gasteiger partial charge >= 0.3 is 0 Å². The monoisotopic (exact) mass is 386 g/mol. The van der Waals surface area contributed by atoms with Crippen LogP contribution in [0.3, 0.4) is 0 Å². The van der Waals surface area contributed by atoms with Gasteiger partial charge in [0, 0.05) is 30.1 Å². The number of piperidine rings is 1. The number of fused-ring (bicyclic) bond motifs is 3. The van der Waals surface area contributed by atoms with Gasteiger partial charge in [-0.2, -0.15) is 5.10 Å². The van der Waals surface area contributed by atoms with E-state index in [4.69, 9.17) is 0 Å². The average Bonchev–Trinajstić information content (AvgIpc) is 3.17. The quantitative estimate of drug-likeness (QED) is 0.879. The summed E-state index contributed by atoms with van der Waals surface area (Å²) in [5.74, 6) is -0.622. The summed E-state index contributed by atoms with van der Waals surface area (Å²) >= 11 is 0. The summed E-state index contributed by atoms with van der Waals surface area (Å²) in [6.07, 6.45) is 5.32. The summed E-state index contributed by atoms with van der Waals surface area (Å²) in [7, 11) is 2.09. The van der Waals surface area contributed by atoms with Crippen LogP contribution in [0.4, 0.5) is 8.78 Å². The Balaban J connectivity index is 1.43. The number of carbonyl (C=O) groups excluding carboxylic acids is 1. The summed E-state index contributed by atoms with van der Waals surface area (Å²) < 4.78 is 29.2. The molecule has 2 aromatic rings. The van der Waals surface area contributed by atoms with Gasteiger partial charge in [-0.15, -0.1) is 0 Å². The lowest BCUT2D eigenvalue weighted by molar-refractivity contribution is 0.0922. The van der Waals surface area contributed by atoms with E-state index in [0.29, 0.717) is 30.1 Å². The number of amides is 1. The van der Waals surface area contributed by atoms with Crippen molar-refractivity contribution in [2.45, 2.75) is 44.1 Å². The van der Waals surface area contributed by atoms with Crippen LogP contribution in [0, 0.1) is 17.6 Å². The molecule has 3 aliphatic rings. The van der Waals surface area contributed by atoms with Gasteiger partial charge in [-0.3, -0.25) is 4.79 Å². The highest BCUT2D eigenvalue weighted by atomic mass is 19.1. The predicted octanol–water partition coefficient (Wildman–Crippen LogP) is 3.02. The molecule has 5 rings (SSSR count). The molecule has 1 amide bonds. The molecule has 3 atom stereocenters. The van der Waals surface area contributed by atoms with Crippen LogP contribution >= 0.6 is 0 Å². The Hall–Kier alpha value is -2.28. The molecule has 0 radical (unpaired) electrons. The molecule has 1 N–H and O–H groups in total. The van der Waals surface area contributed by atoms with Crippen LogP contribution in [0.2, 0.25) is 0 Å². The average molecular weight is 386 g/mol. The molecule has 1 saturated heterocycles. The van der Waals surface area contributed by atoms with Gasteiger partial charge in [-0.05, 0) is 57.3 Å². The van der Waals surface area contributed by atoms with E-state index in [1.54, 1.807) is 0 Å². The van der Waals surface area contributed by atoms with Gasteiger partial charge < -0.3 is 10.2 Å². The molecule has 0 spiro atoms. The smallest absolute Gasteiger partial charge is 0.272 e. The van der Waals surface area contributed by atoms with E-state index in [9.17, 15) is 13.6 Å². The van der Waals surface area contributed by atoms with Crippen LogP contribution in [0.15, 0.2) is 18.2 Å². The van der Waals surface area contributed by atoms with Crippen molar-refractivity contribution in [1.82, 2.24) is 20.0 Å². The van der Waals surface area contributed by atoms with E-state index in [2.05, 4.69) is 22.4 Å². The lowest BCUT2D eigenvalue weighted by Gasteiger charge is -2.32. The molecule has 1 aromatic heterocycles. The molecule has 1 saturated carbocycles. The highest BCUT2D eigenvalue weighted by molar-refractivity contribution is 5.94. The van der Waals surface area contributed by atoms with Crippen molar-refractivity contribution < 1.29 is 13.6 Å². The normalized spacial score (nSPS) is 26.0. The summed E-state index contributed by atoms with van der Waals surface area (Å²) in [6.45, 7) is 1.65. The first-order chi connectivity index (χ1) is 13.5. The molecule has 1 aliphatic heterocycles. The minimum absolute atomic E-state index is 0.196. The van der Waals surface area contributed by atoms with Crippen molar-refractivity contribution in [2.75, 3.05) is 20.1 Å². The number of likely N-dealkylation sites (tertiary alicyclic amines) is 1. The van der Waals surface area contributed by atoms with Gasteiger partial charge in [0.15, 0.2) is 11.5 Å². The van der Waals surface area contributed by atoms with Gasteiger partial charge in [0.1, 0.15) is 11.5 Å². The maximum Gasteiger partial charge on any atom is 0.272 e. The van der Waals surface area contributed by atoms with Crippen LogP contribution in [0.5, 0.6) is 0 Å². The van der Waals surface area contributed by atoms with Crippen molar-refractivity contribution in [1.29, 1.82) is 0 Å². The molecule has 2 fully saturated rings. The number of aromatic nitrogens is 2. The number of hydrogen-bond donors (Lipinski definition) is 1. The molecule has 7 heteroatoms. The molecule has 1 unspecified atom stereocenters. The molecular formula is C21H24F2N4O. The first-order valence-corrected chi connectivity index (χ1v) is 10.1. The Morgan fingerprint density at radius 1 is 1.32 bits per heavy atom. The van der Waals surface area contributed by atoms with Crippen molar-refractivity contribution >= 4 is 5.91 Å². The Morgan fingerprint density at radius 2 is 2.18 bits per heavy atom. The minimum atomic E-state index is -0.662. The topological polar surface area (TPSA) is 50.2 Å². The molecular weight excluding hydrogens is 362 g/mol. The second-order valence-electron chi connectivity index (χ2n) is 8.37. The van der Waals surface area contributed by atoms with Crippen LogP contribution in [0.25, 0.3) is 5.69 Å². The van der Waals surface area contributed by atoms with Crippen molar-refractivity contribution in [3.05, 3.63) is 46.8 Å². The number of hydrogen-bond acceptors (Lipinski definition) is 3. The van der Waals surface area contributed by atoms with Gasteiger partial charge in [-0.1, -0.05) is 6.42 Å². The third kappa shape index (κ3) is 2.92. The highest BCUT2D eigenvalue weighted by Gasteiger charge is 2.50. The number of halogens is 2. The number of nitrogens with zero attached hydrogens (tertiary/aromatic N) is 3. The maximum absolute atomic E-state index is 14.4. The Labute approximate surface area is 162 Å². The van der Waals surface area contributed by atoms with Gasteiger partial charge in [0.2, 0.25) is 0 Å². The zero-order valence-corrected chi connectivity index (χ0v) is 15.9. The third-order valence-corrected chi connectivity index (χ3v) is 6.54. The Kier molecular flexibility index (Phi) is 4.23. The predicted molar refractivity (Wildman–Crippen MR) is 101 cm³/mol. The number of rotatable bonds is 4. The number of benzene rings is 1. The largest absolute Gasteiger partial charge is 0.349 e. The first-order valence-electron chi connectivity index (χ1n) is 10.1. The van der Waals surface area contributed by atoms with E-state index in [1.807, 2.05) is 0 Å². The molecule has 2 aliphatic carbocycles. The number of carbonyl (C=O) groups is 1. The molecule has 1 aromatic carbocycles. The standard InChI is InChI=1S/C21H24F2N4O/c1-26-7-3-2-4-14(26)11-24-21(28)19-16-9-12-8-15(12)20(16)27(25-19)18-6-5-13(22)10-17(18)23/h5-6,10,12,14-15H,2-4,7-9,11H2,1H3,(H,24,28)/t12-,14?,15-/m1/s1. The van der Waals surface area contributed by atoms with Crippen LogP contribution in [0.1, 0.15) is 53.3 Å². The SMILES string of the molecule is CN1CCCCC1CNC(=O)c1nn(-c2ccc(F)cc2F)c2c1C[C@H]1C[C@@H]21. The lowest BCUT2D eigenvalue weighted by atomic mass is 10.0. The summed E-state index contributed by atoms with van der Waals surface area (Å²) in [5, 5.41) is 7.52. The number of likely N-dealkylation sites (N-methyl/N-ethyl adjacent to an activating group) is 1. The zero-order valence-electron chi connectivity index (χ0n) is 15.9. The second-order valence-corrected chi connectivity index (χ2v) is 8.37. The number of nitrogens with one attached hydrogen (secondary N) is 1. The fraction of sp³-hybridized carbons (Fsp3) is 0.524. The lowest BCUT2D eigenvalue weighted by Crippen LogP contribution is -2.44. The zero-order chi connectivity index (χ0) is 19.4. The van der Waals surface area contributed by atoms with Gasteiger partial charge in [-0.25, -0.2) is 13.5 Å². The van der Waals surface area contributed by atoms with Crippen LogP contribution < -0.4 is 5.32 Å². The summed E-state index contributed by atoms with van der Waals surface area (Å²) in [6, 6.07) is 3.83. The van der Waals surface area contributed by atoms with Crippen LogP contribution in [-0.2, 0) is 6.42 Å². The molecule has 5 nitrogen and oxygen atoms in total. The molecule has 28 heavy (non-hydrogen) atoms. The van der Waals surface area contributed by atoms with Crippen molar-refractivity contribution in [3.8, 4) is 5.69 Å². The highest BCUT2D eigenvalue weighted by Crippen LogP contribution is 2.57. The third-order valence-electron chi connectivity index (χ3n) is 6.54. The van der Waals surface area contributed by atoms with E-state index < -0.39 is 11.6 Å². The Bertz CT molecular complexity index is 941.